The van der Waals surface area contributed by atoms with Crippen molar-refractivity contribution < 1.29 is 38.1 Å². The van der Waals surface area contributed by atoms with Gasteiger partial charge in [-0.15, -0.1) is 5.10 Å². The van der Waals surface area contributed by atoms with Crippen molar-refractivity contribution in [1.29, 1.82) is 0 Å². The first kappa shape index (κ1) is 33.2. The number of nitrogens with one attached hydrogen (secondary N) is 3. The second-order valence-corrected chi connectivity index (χ2v) is 9.88. The Balaban J connectivity index is 1.52. The predicted molar refractivity (Wildman–Crippen MR) is 164 cm³/mol. The van der Waals surface area contributed by atoms with E-state index in [1.165, 1.54) is 60.6 Å². The Hall–Kier alpha value is -5.67. The molecule has 0 bridgehead atoms. The molecule has 0 saturated carbocycles. The molecule has 0 aliphatic heterocycles. The number of anilines is 2. The summed E-state index contributed by atoms with van der Waals surface area (Å²) in [4.78, 5) is 49.5. The fraction of sp³-hybridized carbons (Fsp3) is 0.167. The highest BCUT2D eigenvalue weighted by atomic mass is 35.5. The Bertz CT molecular complexity index is 1720. The Morgan fingerprint density at radius 1 is 1.00 bits per heavy atom. The summed E-state index contributed by atoms with van der Waals surface area (Å²) < 4.78 is 26.0. The van der Waals surface area contributed by atoms with E-state index in [9.17, 15) is 23.6 Å². The van der Waals surface area contributed by atoms with Crippen molar-refractivity contribution in [3.05, 3.63) is 101 Å². The van der Waals surface area contributed by atoms with Gasteiger partial charge in [0.15, 0.2) is 5.82 Å². The van der Waals surface area contributed by atoms with Crippen LogP contribution in [-0.4, -0.2) is 75.6 Å². The average Bonchev–Trinajstić information content (AvgIpc) is 3.57. The molecule has 4 N–H and O–H groups in total. The van der Waals surface area contributed by atoms with E-state index in [0.717, 1.165) is 6.08 Å². The molecule has 1 heterocycles. The lowest BCUT2D eigenvalue weighted by Gasteiger charge is -2.18. The number of benzene rings is 3. The van der Waals surface area contributed by atoms with Gasteiger partial charge < -0.3 is 25.2 Å². The molecule has 4 aromatic rings. The molecule has 14 nitrogen and oxygen atoms in total. The molecule has 0 saturated heterocycles. The van der Waals surface area contributed by atoms with Crippen molar-refractivity contribution in [2.45, 2.75) is 12.5 Å². The summed E-state index contributed by atoms with van der Waals surface area (Å²) >= 11 is 5.96. The molecule has 1 aromatic heterocycles. The van der Waals surface area contributed by atoms with Gasteiger partial charge >= 0.3 is 12.1 Å². The lowest BCUT2D eigenvalue weighted by atomic mass is 10.0. The normalized spacial score (nSPS) is 11.5. The van der Waals surface area contributed by atoms with Crippen LogP contribution in [0.15, 0.2) is 73.1 Å². The van der Waals surface area contributed by atoms with Crippen LogP contribution in [0.25, 0.3) is 11.8 Å². The van der Waals surface area contributed by atoms with Gasteiger partial charge in [0.1, 0.15) is 19.0 Å². The van der Waals surface area contributed by atoms with E-state index in [0.29, 0.717) is 16.9 Å². The van der Waals surface area contributed by atoms with Crippen molar-refractivity contribution in [2.75, 3.05) is 31.0 Å². The standard InChI is InChI=1S/C30H27ClFN7O7/c1-45-14-15-46-30(44)35-21-6-2-18(3-7-21)16-24(28(41)34-20-8-4-19(5-9-20)29(42)43)36-26(40)13-10-22-25(39-17-33-37-38-39)12-11-23(31)27(22)32/h2-13,17,24H,14-16H2,1H3,(H,34,41)(H,35,44)(H,36,40)(H,42,43)/b13-10+/t24-/m0/s1. The van der Waals surface area contributed by atoms with E-state index < -0.39 is 35.7 Å². The zero-order valence-electron chi connectivity index (χ0n) is 24.1. The van der Waals surface area contributed by atoms with Crippen molar-refractivity contribution in [1.82, 2.24) is 25.5 Å². The molecule has 1 atom stereocenters. The van der Waals surface area contributed by atoms with Crippen LogP contribution in [0.3, 0.4) is 0 Å². The number of halogens is 2. The molecular formula is C30H27ClFN7O7. The van der Waals surface area contributed by atoms with Crippen molar-refractivity contribution in [2.24, 2.45) is 0 Å². The molecule has 3 aromatic carbocycles. The molecular weight excluding hydrogens is 625 g/mol. The number of carboxylic acids is 1. The number of carbonyl (C=O) groups is 4. The van der Waals surface area contributed by atoms with Crippen LogP contribution >= 0.6 is 11.6 Å². The van der Waals surface area contributed by atoms with Gasteiger partial charge in [-0.1, -0.05) is 23.7 Å². The Labute approximate surface area is 266 Å². The molecule has 46 heavy (non-hydrogen) atoms. The highest BCUT2D eigenvalue weighted by molar-refractivity contribution is 6.31. The average molecular weight is 652 g/mol. The van der Waals surface area contributed by atoms with Gasteiger partial charge in [0, 0.05) is 36.5 Å². The van der Waals surface area contributed by atoms with E-state index in [2.05, 4.69) is 31.5 Å². The van der Waals surface area contributed by atoms with Crippen LogP contribution in [0.2, 0.25) is 5.02 Å². The van der Waals surface area contributed by atoms with Crippen LogP contribution in [-0.2, 0) is 25.5 Å². The summed E-state index contributed by atoms with van der Waals surface area (Å²) in [6, 6.07) is 13.6. The van der Waals surface area contributed by atoms with Crippen molar-refractivity contribution in [3.63, 3.8) is 0 Å². The van der Waals surface area contributed by atoms with Crippen molar-refractivity contribution in [3.8, 4) is 5.69 Å². The highest BCUT2D eigenvalue weighted by Gasteiger charge is 2.22. The third kappa shape index (κ3) is 9.17. The first-order valence-electron chi connectivity index (χ1n) is 13.5. The number of ether oxygens (including phenoxy) is 2. The van der Waals surface area contributed by atoms with Crippen LogP contribution in [0.4, 0.5) is 20.6 Å². The lowest BCUT2D eigenvalue weighted by molar-refractivity contribution is -0.123. The van der Waals surface area contributed by atoms with E-state index in [-0.39, 0.29) is 41.5 Å². The molecule has 0 aliphatic rings. The zero-order chi connectivity index (χ0) is 33.1. The second-order valence-electron chi connectivity index (χ2n) is 9.47. The third-order valence-electron chi connectivity index (χ3n) is 6.30. The van der Waals surface area contributed by atoms with Gasteiger partial charge in [0.2, 0.25) is 11.8 Å². The van der Waals surface area contributed by atoms with E-state index in [1.807, 2.05) is 0 Å². The molecule has 3 amide bonds. The fourth-order valence-corrected chi connectivity index (χ4v) is 4.20. The third-order valence-corrected chi connectivity index (χ3v) is 6.59. The van der Waals surface area contributed by atoms with Gasteiger partial charge in [-0.3, -0.25) is 14.9 Å². The lowest BCUT2D eigenvalue weighted by Crippen LogP contribution is -2.44. The summed E-state index contributed by atoms with van der Waals surface area (Å²) in [7, 11) is 1.48. The monoisotopic (exact) mass is 651 g/mol. The fourth-order valence-electron chi connectivity index (χ4n) is 4.03. The minimum Gasteiger partial charge on any atom is -0.478 e. The maximum Gasteiger partial charge on any atom is 0.411 e. The van der Waals surface area contributed by atoms with Crippen LogP contribution in [0, 0.1) is 5.82 Å². The largest absolute Gasteiger partial charge is 0.478 e. The topological polar surface area (TPSA) is 187 Å². The number of tetrazole rings is 1. The molecule has 0 radical (unpaired) electrons. The smallest absolute Gasteiger partial charge is 0.411 e. The molecule has 16 heteroatoms. The number of hydrogen-bond acceptors (Lipinski definition) is 9. The summed E-state index contributed by atoms with van der Waals surface area (Å²) in [5.74, 6) is -3.29. The van der Waals surface area contributed by atoms with Crippen LogP contribution in [0.1, 0.15) is 21.5 Å². The summed E-state index contributed by atoms with van der Waals surface area (Å²) in [5.41, 5.74) is 1.51. The first-order valence-corrected chi connectivity index (χ1v) is 13.9. The van der Waals surface area contributed by atoms with Gasteiger partial charge in [-0.05, 0) is 70.6 Å². The van der Waals surface area contributed by atoms with Crippen molar-refractivity contribution >= 4 is 52.9 Å². The van der Waals surface area contributed by atoms with Crippen LogP contribution < -0.4 is 16.0 Å². The zero-order valence-corrected chi connectivity index (χ0v) is 24.9. The number of amides is 3. The molecule has 4 rings (SSSR count). The Kier molecular flexibility index (Phi) is 11.5. The van der Waals surface area contributed by atoms with Gasteiger partial charge in [0.25, 0.3) is 0 Å². The predicted octanol–water partition coefficient (Wildman–Crippen LogP) is 3.73. The maximum absolute atomic E-state index is 15.0. The number of aromatic carboxylic acids is 1. The summed E-state index contributed by atoms with van der Waals surface area (Å²) in [5, 5.41) is 27.6. The van der Waals surface area contributed by atoms with Gasteiger partial charge in [-0.2, -0.15) is 4.68 Å². The summed E-state index contributed by atoms with van der Waals surface area (Å²) in [6.45, 7) is 0.322. The molecule has 0 fully saturated rings. The summed E-state index contributed by atoms with van der Waals surface area (Å²) in [6.07, 6.45) is 2.80. The second kappa shape index (κ2) is 15.9. The molecule has 0 unspecified atom stereocenters. The number of rotatable bonds is 13. The quantitative estimate of drug-likeness (QED) is 0.123. The number of carboxylic acid groups (broad SMARTS) is 1. The number of aromatic nitrogens is 4. The molecule has 0 aliphatic carbocycles. The van der Waals surface area contributed by atoms with E-state index in [4.69, 9.17) is 26.2 Å². The van der Waals surface area contributed by atoms with E-state index >= 15 is 0 Å². The first-order chi connectivity index (χ1) is 22.1. The minimum absolute atomic E-state index is 0.0125. The number of hydrogen-bond donors (Lipinski definition) is 4. The SMILES string of the molecule is COCCOC(=O)Nc1ccc(C[C@H](NC(=O)/C=C/c2c(-n3cnnn3)ccc(Cl)c2F)C(=O)Nc2ccc(C(=O)O)cc2)cc1. The van der Waals surface area contributed by atoms with E-state index in [1.54, 1.807) is 24.3 Å². The van der Waals surface area contributed by atoms with Gasteiger partial charge in [0.05, 0.1) is 22.9 Å². The molecule has 0 spiro atoms. The van der Waals surface area contributed by atoms with Crippen LogP contribution in [0.5, 0.6) is 0 Å². The Morgan fingerprint density at radius 2 is 1.70 bits per heavy atom. The number of nitrogens with zero attached hydrogens (tertiary/aromatic N) is 4. The van der Waals surface area contributed by atoms with Gasteiger partial charge in [-0.25, -0.2) is 14.0 Å². The number of methoxy groups -OCH3 is 1. The minimum atomic E-state index is -1.14. The highest BCUT2D eigenvalue weighted by Crippen LogP contribution is 2.25. The maximum atomic E-state index is 15.0. The number of carbonyl (C=O) groups excluding carboxylic acids is 3. The molecule has 238 valence electrons. The Morgan fingerprint density at radius 3 is 2.35 bits per heavy atom.